The second-order valence-electron chi connectivity index (χ2n) is 13.6. The summed E-state index contributed by atoms with van der Waals surface area (Å²) in [5.74, 6) is 0. The summed E-state index contributed by atoms with van der Waals surface area (Å²) in [7, 11) is 0. The number of benzene rings is 8. The highest BCUT2D eigenvalue weighted by Gasteiger charge is 2.48. The Bertz CT molecular complexity index is 2930. The second kappa shape index (κ2) is 11.5. The van der Waals surface area contributed by atoms with Gasteiger partial charge in [0.25, 0.3) is 0 Å². The molecule has 1 aliphatic carbocycles. The largest absolute Gasteiger partial charge is 0.308 e. The number of nitrogens with zero attached hydrogens (tertiary/aromatic N) is 1. The second-order valence-corrected chi connectivity index (χ2v) is 15.7. The Balaban J connectivity index is 1.26. The normalized spacial score (nSPS) is 13.2. The first kappa shape index (κ1) is 29.7. The Kier molecular flexibility index (Phi) is 6.57. The van der Waals surface area contributed by atoms with E-state index in [1.54, 1.807) is 0 Å². The number of fused-ring (bicyclic) bond motifs is 9. The molecule has 10 aromatic rings. The number of hydrogen-bond acceptors (Lipinski definition) is 3. The zero-order valence-corrected chi connectivity index (χ0v) is 29.8. The summed E-state index contributed by atoms with van der Waals surface area (Å²) in [6, 6.07) is 69.7. The lowest BCUT2D eigenvalue weighted by Crippen LogP contribution is -2.28. The van der Waals surface area contributed by atoms with E-state index in [9.17, 15) is 0 Å². The van der Waals surface area contributed by atoms with Crippen LogP contribution in [0.2, 0.25) is 0 Å². The monoisotopic (exact) mass is 697 g/mol. The van der Waals surface area contributed by atoms with Crippen molar-refractivity contribution < 1.29 is 0 Å². The predicted molar refractivity (Wildman–Crippen MR) is 224 cm³/mol. The first-order valence-corrected chi connectivity index (χ1v) is 19.4. The maximum Gasteiger partial charge on any atom is 0.0728 e. The van der Waals surface area contributed by atoms with E-state index in [2.05, 4.69) is 193 Å². The topological polar surface area (TPSA) is 3.24 Å². The Hall–Kier alpha value is -6.00. The Morgan fingerprint density at radius 3 is 1.77 bits per heavy atom. The van der Waals surface area contributed by atoms with E-state index >= 15 is 0 Å². The number of rotatable bonds is 5. The van der Waals surface area contributed by atoms with E-state index < -0.39 is 5.41 Å². The zero-order valence-electron chi connectivity index (χ0n) is 28.2. The molecule has 8 aromatic carbocycles. The van der Waals surface area contributed by atoms with Crippen LogP contribution in [-0.4, -0.2) is 0 Å². The summed E-state index contributed by atoms with van der Waals surface area (Å²) in [6.45, 7) is 0. The molecule has 52 heavy (non-hydrogen) atoms. The summed E-state index contributed by atoms with van der Waals surface area (Å²) in [4.78, 5) is 3.88. The molecule has 0 fully saturated rings. The summed E-state index contributed by atoms with van der Waals surface area (Å²) < 4.78 is 3.92. The fourth-order valence-corrected chi connectivity index (χ4v) is 11.3. The third kappa shape index (κ3) is 4.15. The van der Waals surface area contributed by atoms with Crippen molar-refractivity contribution in [3.63, 3.8) is 0 Å². The Morgan fingerprint density at radius 2 is 1.00 bits per heavy atom. The van der Waals surface area contributed by atoms with Gasteiger partial charge in [0.1, 0.15) is 0 Å². The lowest BCUT2D eigenvalue weighted by Gasteiger charge is -2.35. The quantitative estimate of drug-likeness (QED) is 0.173. The summed E-state index contributed by atoms with van der Waals surface area (Å²) in [5, 5.41) is 6.38. The highest BCUT2D eigenvalue weighted by molar-refractivity contribution is 7.26. The van der Waals surface area contributed by atoms with Gasteiger partial charge in [0.15, 0.2) is 0 Å². The van der Waals surface area contributed by atoms with Gasteiger partial charge in [-0.2, -0.15) is 0 Å². The molecule has 0 radical (unpaired) electrons. The van der Waals surface area contributed by atoms with E-state index in [-0.39, 0.29) is 0 Å². The van der Waals surface area contributed by atoms with Gasteiger partial charge in [-0.3, -0.25) is 0 Å². The first-order valence-electron chi connectivity index (χ1n) is 17.8. The number of hydrogen-bond donors (Lipinski definition) is 0. The van der Waals surface area contributed by atoms with Gasteiger partial charge in [-0.25, -0.2) is 0 Å². The molecule has 2 heterocycles. The zero-order chi connectivity index (χ0) is 34.2. The van der Waals surface area contributed by atoms with Gasteiger partial charge in [-0.05, 0) is 75.0 Å². The van der Waals surface area contributed by atoms with Gasteiger partial charge in [-0.15, -0.1) is 22.7 Å². The molecule has 0 aliphatic heterocycles. The lowest BCUT2D eigenvalue weighted by molar-refractivity contribution is 0.776. The molecule has 0 saturated heterocycles. The van der Waals surface area contributed by atoms with Crippen LogP contribution < -0.4 is 4.90 Å². The van der Waals surface area contributed by atoms with Crippen LogP contribution in [0.15, 0.2) is 188 Å². The molecule has 1 nitrogen and oxygen atoms in total. The third-order valence-electron chi connectivity index (χ3n) is 10.9. The minimum absolute atomic E-state index is 0.503. The number of anilines is 3. The highest BCUT2D eigenvalue weighted by Crippen LogP contribution is 2.62. The molecule has 0 atom stereocenters. The number of thiophene rings is 2. The molecular weight excluding hydrogens is 667 g/mol. The van der Waals surface area contributed by atoms with Gasteiger partial charge in [0.2, 0.25) is 0 Å². The van der Waals surface area contributed by atoms with Crippen molar-refractivity contribution in [1.29, 1.82) is 0 Å². The minimum Gasteiger partial charge on any atom is -0.308 e. The molecule has 0 unspecified atom stereocenters. The van der Waals surface area contributed by atoms with Gasteiger partial charge in [0, 0.05) is 36.1 Å². The van der Waals surface area contributed by atoms with Crippen molar-refractivity contribution >= 4 is 80.8 Å². The molecule has 1 aliphatic rings. The van der Waals surface area contributed by atoms with Crippen LogP contribution in [0.5, 0.6) is 0 Å². The molecule has 11 rings (SSSR count). The van der Waals surface area contributed by atoms with Gasteiger partial charge >= 0.3 is 0 Å². The smallest absolute Gasteiger partial charge is 0.0728 e. The molecule has 244 valence electrons. The van der Waals surface area contributed by atoms with E-state index in [4.69, 9.17) is 0 Å². The fourth-order valence-electron chi connectivity index (χ4n) is 8.78. The van der Waals surface area contributed by atoms with Crippen LogP contribution in [0.25, 0.3) is 51.5 Å². The van der Waals surface area contributed by atoms with Crippen LogP contribution in [0.3, 0.4) is 0 Å². The summed E-state index contributed by atoms with van der Waals surface area (Å²) >= 11 is 3.80. The van der Waals surface area contributed by atoms with Crippen LogP contribution in [-0.2, 0) is 5.41 Å². The van der Waals surface area contributed by atoms with E-state index in [1.165, 1.54) is 85.1 Å². The Morgan fingerprint density at radius 1 is 0.423 bits per heavy atom. The molecule has 2 aromatic heterocycles. The maximum atomic E-state index is 2.52. The van der Waals surface area contributed by atoms with E-state index in [0.717, 1.165) is 5.69 Å². The SMILES string of the molecule is c1ccc(C2(c3ccccc3)c3cc(N(c4cccc5ccccc45)c4cccc5c4sc4ccccc45)ccc3-c3sc4ccccc4c32)cc1. The van der Waals surface area contributed by atoms with Crippen molar-refractivity contribution in [2.75, 3.05) is 4.90 Å². The molecule has 0 spiro atoms. The van der Waals surface area contributed by atoms with Crippen LogP contribution in [0.4, 0.5) is 17.1 Å². The molecule has 0 bridgehead atoms. The summed E-state index contributed by atoms with van der Waals surface area (Å²) in [6.07, 6.45) is 0. The van der Waals surface area contributed by atoms with Crippen molar-refractivity contribution in [2.45, 2.75) is 5.41 Å². The van der Waals surface area contributed by atoms with Crippen molar-refractivity contribution in [3.8, 4) is 10.4 Å². The van der Waals surface area contributed by atoms with E-state index in [1.807, 2.05) is 22.7 Å². The maximum absolute atomic E-state index is 2.52. The van der Waals surface area contributed by atoms with E-state index in [0.29, 0.717) is 0 Å². The average Bonchev–Trinajstić information content (AvgIpc) is 3.87. The van der Waals surface area contributed by atoms with Gasteiger partial charge < -0.3 is 4.90 Å². The first-order chi connectivity index (χ1) is 25.8. The third-order valence-corrected chi connectivity index (χ3v) is 13.3. The molecule has 3 heteroatoms. The van der Waals surface area contributed by atoms with Gasteiger partial charge in [0.05, 0.1) is 21.5 Å². The molecule has 0 saturated carbocycles. The van der Waals surface area contributed by atoms with Crippen molar-refractivity contribution in [2.24, 2.45) is 0 Å². The summed E-state index contributed by atoms with van der Waals surface area (Å²) in [5.41, 5.74) is 9.60. The molecule has 0 N–H and O–H groups in total. The molecule has 0 amide bonds. The highest BCUT2D eigenvalue weighted by atomic mass is 32.1. The van der Waals surface area contributed by atoms with Crippen LogP contribution in [0.1, 0.15) is 22.3 Å². The minimum atomic E-state index is -0.503. The standard InChI is InChI=1S/C49H31NS2/c1-3-17-33(18-4-1)49(34-19-5-2-6-20-34)41-31-35(29-30-39(41)48-46(49)40-23-10-12-28-45(40)52-48)50(42-25-13-16-32-15-7-8-21-36(32)42)43-26-14-24-38-37-22-9-11-27-44(37)51-47(38)43/h1-31H. The van der Waals surface area contributed by atoms with Crippen molar-refractivity contribution in [1.82, 2.24) is 0 Å². The van der Waals surface area contributed by atoms with Crippen LogP contribution >= 0.6 is 22.7 Å². The van der Waals surface area contributed by atoms with Gasteiger partial charge in [-0.1, -0.05) is 152 Å². The van der Waals surface area contributed by atoms with Crippen LogP contribution in [0, 0.1) is 0 Å². The fraction of sp³-hybridized carbons (Fsp3) is 0.0204. The average molecular weight is 698 g/mol. The molecular formula is C49H31NS2. The predicted octanol–water partition coefficient (Wildman–Crippen LogP) is 14.3. The van der Waals surface area contributed by atoms with Crippen molar-refractivity contribution in [3.05, 3.63) is 210 Å². The lowest BCUT2D eigenvalue weighted by atomic mass is 9.67. The Labute approximate surface area is 310 Å².